The number of ether oxygens (including phenoxy) is 1. The summed E-state index contributed by atoms with van der Waals surface area (Å²) in [5, 5.41) is 0.694. The maximum absolute atomic E-state index is 5.91. The molecular formula is C12H18ClNO. The molecule has 15 heavy (non-hydrogen) atoms. The molecule has 1 atom stereocenters. The molecule has 84 valence electrons. The minimum absolute atomic E-state index is 0.0640. The molecule has 0 spiro atoms. The van der Waals surface area contributed by atoms with E-state index in [-0.39, 0.29) is 6.04 Å². The monoisotopic (exact) mass is 227 g/mol. The molecule has 1 aromatic carbocycles. The van der Waals surface area contributed by atoms with Crippen LogP contribution in [0, 0.1) is 5.92 Å². The Kier molecular flexibility index (Phi) is 4.43. The van der Waals surface area contributed by atoms with Crippen LogP contribution in [-0.2, 0) is 0 Å². The lowest BCUT2D eigenvalue weighted by molar-refractivity contribution is 0.267. The average Bonchev–Trinajstić information content (AvgIpc) is 2.15. The normalized spacial score (nSPS) is 12.9. The van der Waals surface area contributed by atoms with E-state index in [9.17, 15) is 0 Å². The van der Waals surface area contributed by atoms with Crippen molar-refractivity contribution in [2.45, 2.75) is 26.8 Å². The van der Waals surface area contributed by atoms with Gasteiger partial charge in [0, 0.05) is 16.6 Å². The molecule has 0 aliphatic heterocycles. The van der Waals surface area contributed by atoms with Gasteiger partial charge in [0.25, 0.3) is 0 Å². The Hall–Kier alpha value is -0.730. The lowest BCUT2D eigenvalue weighted by Crippen LogP contribution is -2.10. The van der Waals surface area contributed by atoms with Crippen LogP contribution in [0.15, 0.2) is 18.2 Å². The van der Waals surface area contributed by atoms with E-state index in [1.165, 1.54) is 0 Å². The summed E-state index contributed by atoms with van der Waals surface area (Å²) in [7, 11) is 0. The van der Waals surface area contributed by atoms with E-state index in [1.807, 2.05) is 25.1 Å². The molecular weight excluding hydrogens is 210 g/mol. The summed E-state index contributed by atoms with van der Waals surface area (Å²) in [4.78, 5) is 0. The minimum Gasteiger partial charge on any atom is -0.493 e. The van der Waals surface area contributed by atoms with E-state index < -0.39 is 0 Å². The van der Waals surface area contributed by atoms with Gasteiger partial charge in [-0.15, -0.1) is 0 Å². The summed E-state index contributed by atoms with van der Waals surface area (Å²) in [5.74, 6) is 1.34. The molecule has 0 saturated heterocycles. The molecule has 0 unspecified atom stereocenters. The first-order chi connectivity index (χ1) is 7.00. The van der Waals surface area contributed by atoms with E-state index >= 15 is 0 Å². The molecule has 2 N–H and O–H groups in total. The van der Waals surface area contributed by atoms with Crippen LogP contribution in [0.4, 0.5) is 0 Å². The van der Waals surface area contributed by atoms with Gasteiger partial charge < -0.3 is 10.5 Å². The molecule has 0 aliphatic carbocycles. The standard InChI is InChI=1S/C12H18ClNO/c1-8(2)7-15-12-5-4-10(13)6-11(12)9(3)14/h4-6,8-9H,7,14H2,1-3H3/t9-/m0/s1. The molecule has 0 radical (unpaired) electrons. The van der Waals surface area contributed by atoms with Gasteiger partial charge in [0.2, 0.25) is 0 Å². The highest BCUT2D eigenvalue weighted by Crippen LogP contribution is 2.27. The van der Waals surface area contributed by atoms with Crippen molar-refractivity contribution in [3.63, 3.8) is 0 Å². The topological polar surface area (TPSA) is 35.2 Å². The third-order valence-electron chi connectivity index (χ3n) is 2.03. The fourth-order valence-electron chi connectivity index (χ4n) is 1.26. The van der Waals surface area contributed by atoms with Crippen molar-refractivity contribution in [1.29, 1.82) is 0 Å². The second-order valence-electron chi connectivity index (χ2n) is 4.18. The van der Waals surface area contributed by atoms with Crippen LogP contribution >= 0.6 is 11.6 Å². The van der Waals surface area contributed by atoms with Crippen molar-refractivity contribution in [2.24, 2.45) is 11.7 Å². The summed E-state index contributed by atoms with van der Waals surface area (Å²) in [5.41, 5.74) is 6.81. The highest BCUT2D eigenvalue weighted by Gasteiger charge is 2.09. The number of hydrogen-bond acceptors (Lipinski definition) is 2. The maximum Gasteiger partial charge on any atom is 0.124 e. The third kappa shape index (κ3) is 3.73. The Balaban J connectivity index is 2.86. The molecule has 0 amide bonds. The van der Waals surface area contributed by atoms with Crippen LogP contribution < -0.4 is 10.5 Å². The first kappa shape index (κ1) is 12.3. The Morgan fingerprint density at radius 3 is 2.53 bits per heavy atom. The van der Waals surface area contributed by atoms with E-state index in [1.54, 1.807) is 0 Å². The van der Waals surface area contributed by atoms with Gasteiger partial charge in [-0.1, -0.05) is 25.4 Å². The van der Waals surface area contributed by atoms with Crippen LogP contribution in [0.5, 0.6) is 5.75 Å². The Labute approximate surface area is 96.4 Å². The predicted molar refractivity (Wildman–Crippen MR) is 64.4 cm³/mol. The zero-order chi connectivity index (χ0) is 11.4. The fraction of sp³-hybridized carbons (Fsp3) is 0.500. The Bertz CT molecular complexity index is 323. The van der Waals surface area contributed by atoms with Crippen LogP contribution in [0.2, 0.25) is 5.02 Å². The van der Waals surface area contributed by atoms with Gasteiger partial charge in [0.15, 0.2) is 0 Å². The number of hydrogen-bond donors (Lipinski definition) is 1. The van der Waals surface area contributed by atoms with Gasteiger partial charge in [0.05, 0.1) is 6.61 Å². The van der Waals surface area contributed by atoms with Crippen molar-refractivity contribution < 1.29 is 4.74 Å². The molecule has 0 bridgehead atoms. The lowest BCUT2D eigenvalue weighted by Gasteiger charge is -2.15. The molecule has 0 aromatic heterocycles. The third-order valence-corrected chi connectivity index (χ3v) is 2.27. The maximum atomic E-state index is 5.91. The van der Waals surface area contributed by atoms with Crippen LogP contribution in [-0.4, -0.2) is 6.61 Å². The van der Waals surface area contributed by atoms with Gasteiger partial charge in [0.1, 0.15) is 5.75 Å². The zero-order valence-electron chi connectivity index (χ0n) is 9.46. The van der Waals surface area contributed by atoms with Crippen molar-refractivity contribution in [2.75, 3.05) is 6.61 Å². The van der Waals surface area contributed by atoms with Gasteiger partial charge >= 0.3 is 0 Å². The zero-order valence-corrected chi connectivity index (χ0v) is 10.2. The molecule has 0 saturated carbocycles. The minimum atomic E-state index is -0.0640. The van der Waals surface area contributed by atoms with E-state index in [2.05, 4.69) is 13.8 Å². The van der Waals surface area contributed by atoms with Gasteiger partial charge in [-0.3, -0.25) is 0 Å². The van der Waals surface area contributed by atoms with E-state index in [0.29, 0.717) is 17.5 Å². The summed E-state index contributed by atoms with van der Waals surface area (Å²) >= 11 is 5.91. The largest absolute Gasteiger partial charge is 0.493 e. The van der Waals surface area contributed by atoms with Gasteiger partial charge in [-0.25, -0.2) is 0 Å². The van der Waals surface area contributed by atoms with Crippen LogP contribution in [0.1, 0.15) is 32.4 Å². The summed E-state index contributed by atoms with van der Waals surface area (Å²) < 4.78 is 5.68. The predicted octanol–water partition coefficient (Wildman–Crippen LogP) is 3.39. The second-order valence-corrected chi connectivity index (χ2v) is 4.61. The van der Waals surface area contributed by atoms with Crippen molar-refractivity contribution in [3.8, 4) is 5.75 Å². The molecule has 2 nitrogen and oxygen atoms in total. The summed E-state index contributed by atoms with van der Waals surface area (Å²) in [6.45, 7) is 6.85. The van der Waals surface area contributed by atoms with Crippen molar-refractivity contribution >= 4 is 11.6 Å². The van der Waals surface area contributed by atoms with Gasteiger partial charge in [-0.2, -0.15) is 0 Å². The average molecular weight is 228 g/mol. The lowest BCUT2D eigenvalue weighted by atomic mass is 10.1. The molecule has 1 rings (SSSR count). The molecule has 0 fully saturated rings. The van der Waals surface area contributed by atoms with E-state index in [0.717, 1.165) is 11.3 Å². The summed E-state index contributed by atoms with van der Waals surface area (Å²) in [6, 6.07) is 5.50. The number of nitrogens with two attached hydrogens (primary N) is 1. The highest BCUT2D eigenvalue weighted by atomic mass is 35.5. The molecule has 1 aromatic rings. The second kappa shape index (κ2) is 5.38. The molecule has 0 aliphatic rings. The number of halogens is 1. The van der Waals surface area contributed by atoms with Crippen molar-refractivity contribution in [3.05, 3.63) is 28.8 Å². The molecule has 3 heteroatoms. The molecule has 0 heterocycles. The van der Waals surface area contributed by atoms with Gasteiger partial charge in [-0.05, 0) is 31.0 Å². The quantitative estimate of drug-likeness (QED) is 0.856. The Morgan fingerprint density at radius 1 is 1.33 bits per heavy atom. The van der Waals surface area contributed by atoms with Crippen molar-refractivity contribution in [1.82, 2.24) is 0 Å². The number of rotatable bonds is 4. The SMILES string of the molecule is CC(C)COc1ccc(Cl)cc1[C@H](C)N. The van der Waals surface area contributed by atoms with Crippen LogP contribution in [0.25, 0.3) is 0 Å². The smallest absolute Gasteiger partial charge is 0.124 e. The highest BCUT2D eigenvalue weighted by molar-refractivity contribution is 6.30. The fourth-order valence-corrected chi connectivity index (χ4v) is 1.44. The first-order valence-corrected chi connectivity index (χ1v) is 5.56. The van der Waals surface area contributed by atoms with E-state index in [4.69, 9.17) is 22.1 Å². The summed E-state index contributed by atoms with van der Waals surface area (Å²) in [6.07, 6.45) is 0. The number of benzene rings is 1. The first-order valence-electron chi connectivity index (χ1n) is 5.18. The van der Waals surface area contributed by atoms with Crippen LogP contribution in [0.3, 0.4) is 0 Å². The Morgan fingerprint density at radius 2 is 2.00 bits per heavy atom.